The van der Waals surface area contributed by atoms with Crippen LogP contribution in [0.4, 0.5) is 5.69 Å². The fraction of sp³-hybridized carbons (Fsp3) is 0.429. The minimum Gasteiger partial charge on any atom is -0.474 e. The van der Waals surface area contributed by atoms with Crippen LogP contribution < -0.4 is 9.64 Å². The van der Waals surface area contributed by atoms with Crippen LogP contribution >= 0.6 is 0 Å². The van der Waals surface area contributed by atoms with Gasteiger partial charge in [0.15, 0.2) is 0 Å². The van der Waals surface area contributed by atoms with Gasteiger partial charge in [0, 0.05) is 44.6 Å². The molecule has 0 radical (unpaired) electrons. The standard InChI is InChI=1S/C21H24N6O/c1-4-18(5-1)28-21-19-13-17(6-7-20(19)22-15-23-21)27-11-9-26(10-12-27)14-16-3-2-8-24-25-16/h2-3,6-8,13,15,18H,1,4-5,9-12,14H2. The zero-order valence-electron chi connectivity index (χ0n) is 15.9. The van der Waals surface area contributed by atoms with Crippen molar-refractivity contribution in [1.29, 1.82) is 0 Å². The van der Waals surface area contributed by atoms with E-state index in [2.05, 4.69) is 48.2 Å². The summed E-state index contributed by atoms with van der Waals surface area (Å²) in [5.41, 5.74) is 3.17. The van der Waals surface area contributed by atoms with Crippen LogP contribution in [0.25, 0.3) is 10.9 Å². The van der Waals surface area contributed by atoms with Crippen LogP contribution in [0.15, 0.2) is 42.9 Å². The first-order valence-corrected chi connectivity index (χ1v) is 10.0. The van der Waals surface area contributed by atoms with Crippen LogP contribution in [0.1, 0.15) is 25.0 Å². The predicted molar refractivity (Wildman–Crippen MR) is 107 cm³/mol. The maximum atomic E-state index is 6.10. The van der Waals surface area contributed by atoms with Gasteiger partial charge >= 0.3 is 0 Å². The maximum absolute atomic E-state index is 6.10. The Morgan fingerprint density at radius 1 is 1.04 bits per heavy atom. The zero-order valence-corrected chi connectivity index (χ0v) is 15.9. The second-order valence-corrected chi connectivity index (χ2v) is 7.53. The van der Waals surface area contributed by atoms with Crippen molar-refractivity contribution in [1.82, 2.24) is 25.1 Å². The zero-order chi connectivity index (χ0) is 18.8. The average molecular weight is 376 g/mol. The summed E-state index contributed by atoms with van der Waals surface area (Å²) in [5, 5.41) is 9.17. The van der Waals surface area contributed by atoms with Gasteiger partial charge in [0.1, 0.15) is 12.4 Å². The molecule has 0 atom stereocenters. The molecule has 0 spiro atoms. The first-order chi connectivity index (χ1) is 13.8. The molecule has 2 fully saturated rings. The normalized spacial score (nSPS) is 18.2. The molecule has 2 aromatic heterocycles. The SMILES string of the molecule is c1cnnc(CN2CCN(c3ccc4ncnc(OC5CCC5)c4c3)CC2)c1. The van der Waals surface area contributed by atoms with Crippen LogP contribution in [0.2, 0.25) is 0 Å². The maximum Gasteiger partial charge on any atom is 0.224 e. The quantitative estimate of drug-likeness (QED) is 0.678. The number of aromatic nitrogens is 4. The molecular weight excluding hydrogens is 352 g/mol. The number of nitrogens with zero attached hydrogens (tertiary/aromatic N) is 6. The van der Waals surface area contributed by atoms with Gasteiger partial charge < -0.3 is 9.64 Å². The van der Waals surface area contributed by atoms with Crippen molar-refractivity contribution in [3.05, 3.63) is 48.5 Å². The summed E-state index contributed by atoms with van der Waals surface area (Å²) >= 11 is 0. The third-order valence-electron chi connectivity index (χ3n) is 5.66. The van der Waals surface area contributed by atoms with Crippen molar-refractivity contribution in [2.75, 3.05) is 31.1 Å². The molecule has 1 aliphatic heterocycles. The summed E-state index contributed by atoms with van der Waals surface area (Å²) < 4.78 is 6.10. The van der Waals surface area contributed by atoms with Gasteiger partial charge in [0.25, 0.3) is 0 Å². The lowest BCUT2D eigenvalue weighted by atomic mass is 9.96. The van der Waals surface area contributed by atoms with Gasteiger partial charge in [-0.3, -0.25) is 4.90 Å². The van der Waals surface area contributed by atoms with E-state index in [0.717, 1.165) is 68.0 Å². The van der Waals surface area contributed by atoms with Crippen LogP contribution in [0.3, 0.4) is 0 Å². The van der Waals surface area contributed by atoms with E-state index in [9.17, 15) is 0 Å². The van der Waals surface area contributed by atoms with Crippen LogP contribution in [-0.4, -0.2) is 57.3 Å². The van der Waals surface area contributed by atoms with Gasteiger partial charge in [0.2, 0.25) is 5.88 Å². The number of ether oxygens (including phenoxy) is 1. The highest BCUT2D eigenvalue weighted by molar-refractivity contribution is 5.86. The molecule has 1 aliphatic carbocycles. The molecule has 7 nitrogen and oxygen atoms in total. The summed E-state index contributed by atoms with van der Waals surface area (Å²) in [6.45, 7) is 4.83. The Bertz CT molecular complexity index is 938. The molecule has 0 unspecified atom stereocenters. The fourth-order valence-corrected chi connectivity index (χ4v) is 3.77. The van der Waals surface area contributed by atoms with Gasteiger partial charge in [-0.05, 0) is 49.6 Å². The summed E-state index contributed by atoms with van der Waals surface area (Å²) in [5.74, 6) is 0.720. The first-order valence-electron chi connectivity index (χ1n) is 10.0. The summed E-state index contributed by atoms with van der Waals surface area (Å²) in [6, 6.07) is 10.4. The molecule has 2 aliphatic rings. The molecule has 0 bridgehead atoms. The Morgan fingerprint density at radius 3 is 2.68 bits per heavy atom. The number of anilines is 1. The Hall–Kier alpha value is -2.80. The van der Waals surface area contributed by atoms with E-state index in [4.69, 9.17) is 4.74 Å². The van der Waals surface area contributed by atoms with E-state index in [1.807, 2.05) is 12.1 Å². The van der Waals surface area contributed by atoms with Crippen molar-refractivity contribution in [2.24, 2.45) is 0 Å². The van der Waals surface area contributed by atoms with Gasteiger partial charge in [-0.2, -0.15) is 10.2 Å². The Labute approximate surface area is 164 Å². The minimum atomic E-state index is 0.311. The molecule has 0 N–H and O–H groups in total. The second kappa shape index (κ2) is 7.67. The first kappa shape index (κ1) is 17.3. The van der Waals surface area contributed by atoms with E-state index >= 15 is 0 Å². The third-order valence-corrected chi connectivity index (χ3v) is 5.66. The van der Waals surface area contributed by atoms with Gasteiger partial charge in [-0.1, -0.05) is 0 Å². The number of piperazine rings is 1. The van der Waals surface area contributed by atoms with E-state index in [0.29, 0.717) is 6.10 Å². The number of hydrogen-bond donors (Lipinski definition) is 0. The largest absolute Gasteiger partial charge is 0.474 e. The molecule has 1 saturated heterocycles. The third kappa shape index (κ3) is 3.62. The van der Waals surface area contributed by atoms with Crippen molar-refractivity contribution < 1.29 is 4.74 Å². The highest BCUT2D eigenvalue weighted by atomic mass is 16.5. The highest BCUT2D eigenvalue weighted by Gasteiger charge is 2.22. The van der Waals surface area contributed by atoms with Crippen molar-refractivity contribution >= 4 is 16.6 Å². The molecule has 7 heteroatoms. The Morgan fingerprint density at radius 2 is 1.93 bits per heavy atom. The summed E-state index contributed by atoms with van der Waals surface area (Å²) in [4.78, 5) is 13.7. The second-order valence-electron chi connectivity index (χ2n) is 7.53. The van der Waals surface area contributed by atoms with Crippen molar-refractivity contribution in [2.45, 2.75) is 31.9 Å². The van der Waals surface area contributed by atoms with Crippen LogP contribution in [-0.2, 0) is 6.54 Å². The van der Waals surface area contributed by atoms with E-state index in [-0.39, 0.29) is 0 Å². The number of rotatable bonds is 5. The van der Waals surface area contributed by atoms with E-state index in [1.165, 1.54) is 12.1 Å². The molecule has 3 aromatic rings. The molecule has 0 amide bonds. The molecule has 1 saturated carbocycles. The molecule has 28 heavy (non-hydrogen) atoms. The van der Waals surface area contributed by atoms with E-state index in [1.54, 1.807) is 12.5 Å². The molecule has 144 valence electrons. The lowest BCUT2D eigenvalue weighted by Crippen LogP contribution is -2.46. The average Bonchev–Trinajstić information content (AvgIpc) is 2.72. The molecular formula is C21H24N6O. The van der Waals surface area contributed by atoms with Crippen molar-refractivity contribution in [3.63, 3.8) is 0 Å². The van der Waals surface area contributed by atoms with Gasteiger partial charge in [-0.25, -0.2) is 9.97 Å². The smallest absolute Gasteiger partial charge is 0.224 e. The lowest BCUT2D eigenvalue weighted by molar-refractivity contribution is 0.116. The number of fused-ring (bicyclic) bond motifs is 1. The van der Waals surface area contributed by atoms with Crippen LogP contribution in [0, 0.1) is 0 Å². The van der Waals surface area contributed by atoms with Gasteiger partial charge in [0.05, 0.1) is 16.6 Å². The number of hydrogen-bond acceptors (Lipinski definition) is 7. The molecule has 5 rings (SSSR count). The van der Waals surface area contributed by atoms with Gasteiger partial charge in [-0.15, -0.1) is 0 Å². The fourth-order valence-electron chi connectivity index (χ4n) is 3.77. The minimum absolute atomic E-state index is 0.311. The Kier molecular flexibility index (Phi) is 4.74. The monoisotopic (exact) mass is 376 g/mol. The lowest BCUT2D eigenvalue weighted by Gasteiger charge is -2.36. The van der Waals surface area contributed by atoms with Crippen molar-refractivity contribution in [3.8, 4) is 5.88 Å². The Balaban J connectivity index is 1.29. The topological polar surface area (TPSA) is 67.3 Å². The summed E-state index contributed by atoms with van der Waals surface area (Å²) in [7, 11) is 0. The molecule has 1 aromatic carbocycles. The summed E-state index contributed by atoms with van der Waals surface area (Å²) in [6.07, 6.45) is 7.12. The van der Waals surface area contributed by atoms with Crippen LogP contribution in [0.5, 0.6) is 5.88 Å². The molecule has 3 heterocycles. The van der Waals surface area contributed by atoms with E-state index < -0.39 is 0 Å². The predicted octanol–water partition coefficient (Wildman–Crippen LogP) is 2.67. The highest BCUT2D eigenvalue weighted by Crippen LogP contribution is 2.31. The number of benzene rings is 1.